The summed E-state index contributed by atoms with van der Waals surface area (Å²) >= 11 is 0. The summed E-state index contributed by atoms with van der Waals surface area (Å²) in [5.41, 5.74) is -0.129. The van der Waals surface area contributed by atoms with Gasteiger partial charge in [-0.3, -0.25) is 4.90 Å². The minimum absolute atomic E-state index is 0.129. The van der Waals surface area contributed by atoms with Crippen LogP contribution in [-0.4, -0.2) is 48.6 Å². The van der Waals surface area contributed by atoms with E-state index in [0.29, 0.717) is 5.92 Å². The average Bonchev–Trinajstić information content (AvgIpc) is 2.74. The lowest BCUT2D eigenvalue weighted by Gasteiger charge is -2.44. The fraction of sp³-hybridized carbons (Fsp3) is 0.923. The minimum atomic E-state index is -0.129. The van der Waals surface area contributed by atoms with Crippen molar-refractivity contribution in [2.24, 2.45) is 5.92 Å². The van der Waals surface area contributed by atoms with E-state index < -0.39 is 0 Å². The van der Waals surface area contributed by atoms with E-state index in [1.54, 1.807) is 0 Å². The highest BCUT2D eigenvalue weighted by molar-refractivity contribution is 5.15. The van der Waals surface area contributed by atoms with Gasteiger partial charge in [0.2, 0.25) is 0 Å². The van der Waals surface area contributed by atoms with Crippen LogP contribution in [0.2, 0.25) is 0 Å². The second-order valence-corrected chi connectivity index (χ2v) is 5.32. The molecule has 3 nitrogen and oxygen atoms in total. The van der Waals surface area contributed by atoms with Crippen LogP contribution in [-0.2, 0) is 0 Å². The molecule has 0 N–H and O–H groups in total. The zero-order chi connectivity index (χ0) is 11.6. The van der Waals surface area contributed by atoms with Gasteiger partial charge in [0, 0.05) is 26.2 Å². The van der Waals surface area contributed by atoms with Gasteiger partial charge in [0.15, 0.2) is 0 Å². The average molecular weight is 221 g/mol. The van der Waals surface area contributed by atoms with E-state index in [-0.39, 0.29) is 5.54 Å². The molecule has 2 atom stereocenters. The van der Waals surface area contributed by atoms with Gasteiger partial charge in [-0.25, -0.2) is 0 Å². The van der Waals surface area contributed by atoms with Crippen LogP contribution in [0.4, 0.5) is 0 Å². The van der Waals surface area contributed by atoms with E-state index in [9.17, 15) is 5.26 Å². The minimum Gasteiger partial charge on any atom is -0.304 e. The number of nitrogens with zero attached hydrogens (tertiary/aromatic N) is 3. The first-order valence-corrected chi connectivity index (χ1v) is 6.58. The Hall–Kier alpha value is -0.590. The fourth-order valence-electron chi connectivity index (χ4n) is 3.44. The summed E-state index contributed by atoms with van der Waals surface area (Å²) in [4.78, 5) is 4.83. The number of rotatable bonds is 2. The zero-order valence-electron chi connectivity index (χ0n) is 10.6. The molecule has 1 heterocycles. The van der Waals surface area contributed by atoms with Gasteiger partial charge in [-0.1, -0.05) is 19.8 Å². The highest BCUT2D eigenvalue weighted by Crippen LogP contribution is 2.42. The van der Waals surface area contributed by atoms with Gasteiger partial charge in [-0.05, 0) is 25.8 Å². The van der Waals surface area contributed by atoms with Crippen molar-refractivity contribution < 1.29 is 0 Å². The lowest BCUT2D eigenvalue weighted by Crippen LogP contribution is -2.57. The van der Waals surface area contributed by atoms with E-state index in [0.717, 1.165) is 39.0 Å². The summed E-state index contributed by atoms with van der Waals surface area (Å²) in [5.74, 6) is 0.598. The van der Waals surface area contributed by atoms with Gasteiger partial charge in [0.05, 0.1) is 6.07 Å². The molecule has 0 radical (unpaired) electrons. The number of likely N-dealkylation sites (N-methyl/N-ethyl adjacent to an activating group) is 1. The molecule has 1 aliphatic heterocycles. The maximum Gasteiger partial charge on any atom is 0.112 e. The Balaban J connectivity index is 2.12. The van der Waals surface area contributed by atoms with Crippen molar-refractivity contribution in [3.8, 4) is 6.07 Å². The van der Waals surface area contributed by atoms with E-state index in [1.807, 2.05) is 0 Å². The van der Waals surface area contributed by atoms with E-state index in [1.165, 1.54) is 12.8 Å². The summed E-state index contributed by atoms with van der Waals surface area (Å²) in [6, 6.07) is 2.67. The lowest BCUT2D eigenvalue weighted by atomic mass is 9.84. The molecule has 2 fully saturated rings. The normalized spacial score (nSPS) is 37.4. The third-order valence-corrected chi connectivity index (χ3v) is 4.54. The van der Waals surface area contributed by atoms with Crippen LogP contribution in [0.25, 0.3) is 0 Å². The van der Waals surface area contributed by atoms with Crippen molar-refractivity contribution >= 4 is 0 Å². The molecule has 1 saturated carbocycles. The maximum atomic E-state index is 9.63. The summed E-state index contributed by atoms with van der Waals surface area (Å²) < 4.78 is 0. The molecule has 0 amide bonds. The number of piperazine rings is 1. The monoisotopic (exact) mass is 221 g/mol. The Morgan fingerprint density at radius 2 is 2.00 bits per heavy atom. The first-order chi connectivity index (χ1) is 7.73. The van der Waals surface area contributed by atoms with Crippen LogP contribution < -0.4 is 0 Å². The third kappa shape index (κ3) is 1.85. The number of hydrogen-bond acceptors (Lipinski definition) is 3. The predicted octanol–water partition coefficient (Wildman–Crippen LogP) is 1.71. The molecule has 0 spiro atoms. The van der Waals surface area contributed by atoms with Gasteiger partial charge in [-0.2, -0.15) is 5.26 Å². The maximum absolute atomic E-state index is 9.63. The van der Waals surface area contributed by atoms with Crippen molar-refractivity contribution in [1.29, 1.82) is 5.26 Å². The summed E-state index contributed by atoms with van der Waals surface area (Å²) in [6.45, 7) is 6.60. The smallest absolute Gasteiger partial charge is 0.112 e. The third-order valence-electron chi connectivity index (χ3n) is 4.54. The molecule has 2 unspecified atom stereocenters. The van der Waals surface area contributed by atoms with Crippen molar-refractivity contribution in [1.82, 2.24) is 9.80 Å². The lowest BCUT2D eigenvalue weighted by molar-refractivity contribution is 0.0488. The van der Waals surface area contributed by atoms with Crippen LogP contribution in [0.15, 0.2) is 0 Å². The van der Waals surface area contributed by atoms with E-state index in [2.05, 4.69) is 29.8 Å². The molecule has 16 heavy (non-hydrogen) atoms. The highest BCUT2D eigenvalue weighted by Gasteiger charge is 2.47. The number of hydrogen-bond donors (Lipinski definition) is 0. The Morgan fingerprint density at radius 3 is 2.56 bits per heavy atom. The second kappa shape index (κ2) is 4.73. The highest BCUT2D eigenvalue weighted by atomic mass is 15.3. The number of nitriles is 1. The molecule has 2 aliphatic rings. The van der Waals surface area contributed by atoms with Crippen LogP contribution in [0.3, 0.4) is 0 Å². The second-order valence-electron chi connectivity index (χ2n) is 5.32. The van der Waals surface area contributed by atoms with Crippen molar-refractivity contribution in [2.45, 2.75) is 38.1 Å². The molecule has 0 aromatic heterocycles. The quantitative estimate of drug-likeness (QED) is 0.711. The van der Waals surface area contributed by atoms with Gasteiger partial charge in [0.25, 0.3) is 0 Å². The predicted molar refractivity (Wildman–Crippen MR) is 65.0 cm³/mol. The Labute approximate surface area is 99.0 Å². The molecular weight excluding hydrogens is 198 g/mol. The van der Waals surface area contributed by atoms with Crippen LogP contribution in [0, 0.1) is 17.2 Å². The van der Waals surface area contributed by atoms with Gasteiger partial charge >= 0.3 is 0 Å². The Morgan fingerprint density at radius 1 is 1.31 bits per heavy atom. The molecular formula is C13H23N3. The molecule has 0 aromatic rings. The topological polar surface area (TPSA) is 30.3 Å². The molecule has 1 aliphatic carbocycles. The molecule has 90 valence electrons. The summed E-state index contributed by atoms with van der Waals surface area (Å²) in [6.07, 6.45) is 4.72. The van der Waals surface area contributed by atoms with Crippen molar-refractivity contribution in [3.63, 3.8) is 0 Å². The van der Waals surface area contributed by atoms with E-state index in [4.69, 9.17) is 0 Å². The summed E-state index contributed by atoms with van der Waals surface area (Å²) in [5, 5.41) is 9.63. The van der Waals surface area contributed by atoms with Gasteiger partial charge in [-0.15, -0.1) is 0 Å². The summed E-state index contributed by atoms with van der Waals surface area (Å²) in [7, 11) is 2.17. The molecule has 0 aromatic carbocycles. The van der Waals surface area contributed by atoms with Crippen LogP contribution in [0.5, 0.6) is 0 Å². The fourth-order valence-corrected chi connectivity index (χ4v) is 3.44. The zero-order valence-corrected chi connectivity index (χ0v) is 10.6. The standard InChI is InChI=1S/C13H23N3/c1-3-12-5-4-6-13(12,11-14)16-9-7-15(2)8-10-16/h12H,3-10H2,1-2H3. The Kier molecular flexibility index (Phi) is 3.51. The van der Waals surface area contributed by atoms with Crippen molar-refractivity contribution in [3.05, 3.63) is 0 Å². The van der Waals surface area contributed by atoms with Crippen molar-refractivity contribution in [2.75, 3.05) is 33.2 Å². The SMILES string of the molecule is CCC1CCCC1(C#N)N1CCN(C)CC1. The largest absolute Gasteiger partial charge is 0.304 e. The van der Waals surface area contributed by atoms with E-state index >= 15 is 0 Å². The molecule has 2 rings (SSSR count). The van der Waals surface area contributed by atoms with Crippen LogP contribution >= 0.6 is 0 Å². The first kappa shape index (κ1) is 11.9. The molecule has 3 heteroatoms. The molecule has 1 saturated heterocycles. The van der Waals surface area contributed by atoms with Gasteiger partial charge in [0.1, 0.15) is 5.54 Å². The van der Waals surface area contributed by atoms with Crippen LogP contribution in [0.1, 0.15) is 32.6 Å². The Bertz CT molecular complexity index is 275. The van der Waals surface area contributed by atoms with Gasteiger partial charge < -0.3 is 4.90 Å². The molecule has 0 bridgehead atoms. The first-order valence-electron chi connectivity index (χ1n) is 6.58.